The van der Waals surface area contributed by atoms with E-state index in [1.54, 1.807) is 0 Å². The van der Waals surface area contributed by atoms with Crippen molar-refractivity contribution in [1.82, 2.24) is 9.97 Å². The summed E-state index contributed by atoms with van der Waals surface area (Å²) in [6, 6.07) is 18.9. The van der Waals surface area contributed by atoms with Crippen molar-refractivity contribution in [3.63, 3.8) is 0 Å². The van der Waals surface area contributed by atoms with Crippen LogP contribution in [0.1, 0.15) is 0 Å². The van der Waals surface area contributed by atoms with Gasteiger partial charge in [-0.25, -0.2) is 9.97 Å². The number of hydrogen-bond donors (Lipinski definition) is 0. The van der Waals surface area contributed by atoms with Crippen LogP contribution in [0, 0.1) is 0 Å². The Morgan fingerprint density at radius 3 is 1.92 bits per heavy atom. The number of halogens is 2. The van der Waals surface area contributed by atoms with E-state index in [0.29, 0.717) is 5.15 Å². The molecule has 0 saturated heterocycles. The van der Waals surface area contributed by atoms with Crippen molar-refractivity contribution in [3.05, 3.63) is 65.0 Å². The second-order valence-electron chi connectivity index (χ2n) is 6.38. The van der Waals surface area contributed by atoms with Gasteiger partial charge < -0.3 is 0 Å². The minimum absolute atomic E-state index is 0.177. The van der Waals surface area contributed by atoms with Gasteiger partial charge in [-0.3, -0.25) is 0 Å². The van der Waals surface area contributed by atoms with Crippen LogP contribution in [0.5, 0.6) is 0 Å². The molecule has 1 heterocycles. The first-order valence-electron chi connectivity index (χ1n) is 8.20. The van der Waals surface area contributed by atoms with Gasteiger partial charge in [-0.15, -0.1) is 0 Å². The monoisotopic (exact) mass is 382 g/mol. The number of rotatable bonds is 2. The predicted molar refractivity (Wildman–Crippen MR) is 111 cm³/mol. The minimum atomic E-state index is -1.17. The zero-order valence-corrected chi connectivity index (χ0v) is 16.6. The van der Waals surface area contributed by atoms with E-state index in [9.17, 15) is 0 Å². The molecule has 0 bridgehead atoms. The van der Waals surface area contributed by atoms with Gasteiger partial charge in [0.05, 0.1) is 14.5 Å². The minimum Gasteiger partial charge on any atom is -0.218 e. The third kappa shape index (κ3) is 2.82. The third-order valence-electron chi connectivity index (χ3n) is 4.47. The lowest BCUT2D eigenvalue weighted by Crippen LogP contribution is -2.26. The molecule has 0 aliphatic rings. The second kappa shape index (κ2) is 6.41. The van der Waals surface area contributed by atoms with E-state index >= 15 is 0 Å². The van der Waals surface area contributed by atoms with Gasteiger partial charge in [0.1, 0.15) is 5.15 Å². The Kier molecular flexibility index (Phi) is 4.24. The van der Waals surface area contributed by atoms with E-state index in [2.05, 4.69) is 71.6 Å². The number of fused-ring (bicyclic) bond motifs is 3. The van der Waals surface area contributed by atoms with Crippen LogP contribution in [0.2, 0.25) is 23.5 Å². The summed E-state index contributed by atoms with van der Waals surface area (Å²) in [4.78, 5) is 8.50. The summed E-state index contributed by atoms with van der Waals surface area (Å²) >= 11 is 12.3. The van der Waals surface area contributed by atoms with Gasteiger partial charge in [0.25, 0.3) is 0 Å². The molecule has 0 fully saturated rings. The molecule has 0 N–H and O–H groups in total. The molecule has 0 amide bonds. The molecule has 25 heavy (non-hydrogen) atoms. The summed E-state index contributed by atoms with van der Waals surface area (Å²) in [7, 11) is -1.17. The van der Waals surface area contributed by atoms with Crippen LogP contribution >= 0.6 is 23.2 Å². The highest BCUT2D eigenvalue weighted by Crippen LogP contribution is 2.34. The van der Waals surface area contributed by atoms with Crippen LogP contribution in [0.25, 0.3) is 32.8 Å². The molecule has 0 aliphatic heterocycles. The lowest BCUT2D eigenvalue weighted by atomic mass is 9.95. The highest BCUT2D eigenvalue weighted by Gasteiger charge is 2.19. The molecule has 1 aromatic heterocycles. The molecule has 0 aliphatic carbocycles. The first kappa shape index (κ1) is 16.5. The van der Waals surface area contributed by atoms with E-state index in [0.717, 1.165) is 11.3 Å². The normalized spacial score (nSPS) is 11.6. The van der Waals surface area contributed by atoms with Crippen molar-refractivity contribution in [2.45, 2.75) is 13.1 Å². The number of nitrogens with zero attached hydrogens (tertiary/aromatic N) is 2. The van der Waals surface area contributed by atoms with Gasteiger partial charge in [-0.05, 0) is 38.3 Å². The zero-order valence-electron chi connectivity index (χ0n) is 13.9. The van der Waals surface area contributed by atoms with E-state index in [1.807, 2.05) is 6.07 Å². The molecular weight excluding hydrogens is 367 g/mol. The summed E-state index contributed by atoms with van der Waals surface area (Å²) in [5.74, 6) is 0. The molecule has 0 radical (unpaired) electrons. The van der Waals surface area contributed by atoms with E-state index in [-0.39, 0.29) is 5.28 Å². The summed E-state index contributed by atoms with van der Waals surface area (Å²) in [6.07, 6.45) is 0. The third-order valence-corrected chi connectivity index (χ3v) is 6.59. The van der Waals surface area contributed by atoms with Crippen molar-refractivity contribution in [1.29, 1.82) is 0 Å². The highest BCUT2D eigenvalue weighted by molar-refractivity contribution is 6.75. The first-order chi connectivity index (χ1) is 12.1. The molecule has 0 saturated carbocycles. The van der Waals surface area contributed by atoms with Gasteiger partial charge in [0.15, 0.2) is 0 Å². The topological polar surface area (TPSA) is 25.8 Å². The number of benzene rings is 3. The molecule has 124 valence electrons. The Balaban J connectivity index is 2.26. The van der Waals surface area contributed by atoms with Crippen molar-refractivity contribution >= 4 is 58.7 Å². The maximum absolute atomic E-state index is 6.18. The Bertz CT molecular complexity index is 1090. The summed E-state index contributed by atoms with van der Waals surface area (Å²) in [5.41, 5.74) is 1.94. The fourth-order valence-electron chi connectivity index (χ4n) is 3.56. The first-order valence-corrected chi connectivity index (χ1v) is 11.8. The Hall–Kier alpha value is -1.94. The van der Waals surface area contributed by atoms with Crippen LogP contribution in [0.4, 0.5) is 0 Å². The molecule has 3 aromatic carbocycles. The largest absolute Gasteiger partial charge is 0.224 e. The quantitative estimate of drug-likeness (QED) is 0.199. The standard InChI is InChI=1S/C20H16Cl2N2Si/c1-25(2)19-15-10-6-4-8-13(15)12-7-3-5-9-14(12)18(19)16-11-17(21)24-20(22)23-16/h3-11,25H,1-2H3. The molecule has 0 unspecified atom stereocenters. The predicted octanol–water partition coefficient (Wildman–Crippen LogP) is 5.45. The van der Waals surface area contributed by atoms with E-state index in [1.165, 1.54) is 26.7 Å². The smallest absolute Gasteiger partial charge is 0.218 e. The van der Waals surface area contributed by atoms with Crippen molar-refractivity contribution in [3.8, 4) is 11.3 Å². The zero-order chi connectivity index (χ0) is 17.6. The van der Waals surface area contributed by atoms with Gasteiger partial charge in [0.2, 0.25) is 5.28 Å². The Labute approximate surface area is 158 Å². The van der Waals surface area contributed by atoms with E-state index < -0.39 is 8.80 Å². The van der Waals surface area contributed by atoms with Gasteiger partial charge in [0, 0.05) is 11.6 Å². The Morgan fingerprint density at radius 1 is 0.760 bits per heavy atom. The van der Waals surface area contributed by atoms with Crippen molar-refractivity contribution in [2.75, 3.05) is 0 Å². The van der Waals surface area contributed by atoms with Gasteiger partial charge in [-0.2, -0.15) is 0 Å². The lowest BCUT2D eigenvalue weighted by molar-refractivity contribution is 1.18. The molecular formula is C20H16Cl2N2Si. The molecule has 4 aromatic rings. The summed E-state index contributed by atoms with van der Waals surface area (Å²) in [6.45, 7) is 4.68. The Morgan fingerprint density at radius 2 is 1.32 bits per heavy atom. The summed E-state index contributed by atoms with van der Waals surface area (Å²) < 4.78 is 0. The summed E-state index contributed by atoms with van der Waals surface area (Å²) in [5, 5.41) is 6.91. The molecule has 0 atom stereocenters. The lowest BCUT2D eigenvalue weighted by Gasteiger charge is -2.19. The van der Waals surface area contributed by atoms with Crippen molar-refractivity contribution < 1.29 is 0 Å². The average Bonchev–Trinajstić information content (AvgIpc) is 2.59. The molecule has 0 spiro atoms. The van der Waals surface area contributed by atoms with E-state index in [4.69, 9.17) is 23.2 Å². The fraction of sp³-hybridized carbons (Fsp3) is 0.100. The van der Waals surface area contributed by atoms with Gasteiger partial charge >= 0.3 is 0 Å². The molecule has 2 nitrogen and oxygen atoms in total. The van der Waals surface area contributed by atoms with Crippen LogP contribution < -0.4 is 5.19 Å². The molecule has 4 rings (SSSR count). The average molecular weight is 383 g/mol. The van der Waals surface area contributed by atoms with Crippen molar-refractivity contribution in [2.24, 2.45) is 0 Å². The maximum atomic E-state index is 6.18. The fourth-order valence-corrected chi connectivity index (χ4v) is 5.73. The van der Waals surface area contributed by atoms with Gasteiger partial charge in [-0.1, -0.05) is 73.2 Å². The second-order valence-corrected chi connectivity index (χ2v) is 9.99. The van der Waals surface area contributed by atoms with Crippen LogP contribution in [0.15, 0.2) is 54.6 Å². The number of aromatic nitrogens is 2. The number of hydrogen-bond acceptors (Lipinski definition) is 2. The maximum Gasteiger partial charge on any atom is 0.224 e. The van der Waals surface area contributed by atoms with Crippen LogP contribution in [-0.4, -0.2) is 18.8 Å². The van der Waals surface area contributed by atoms with Crippen LogP contribution in [0.3, 0.4) is 0 Å². The molecule has 5 heteroatoms. The SMILES string of the molecule is C[SiH](C)c1c(-c2cc(Cl)nc(Cl)n2)c2ccccc2c2ccccc12. The highest BCUT2D eigenvalue weighted by atomic mass is 35.5. The van der Waals surface area contributed by atoms with Crippen LogP contribution in [-0.2, 0) is 0 Å².